The van der Waals surface area contributed by atoms with E-state index in [0.717, 1.165) is 5.92 Å². The first-order valence-electron chi connectivity index (χ1n) is 7.54. The van der Waals surface area contributed by atoms with Crippen LogP contribution in [-0.2, 0) is 0 Å². The molecule has 1 saturated carbocycles. The monoisotopic (exact) mass is 250 g/mol. The maximum absolute atomic E-state index is 4.32. The van der Waals surface area contributed by atoms with E-state index in [2.05, 4.69) is 44.1 Å². The Bertz CT molecular complexity index is 291. The lowest BCUT2D eigenvalue weighted by atomic mass is 10.0. The van der Waals surface area contributed by atoms with Gasteiger partial charge in [0, 0.05) is 37.8 Å². The average molecular weight is 250 g/mol. The van der Waals surface area contributed by atoms with Gasteiger partial charge in [0.2, 0.25) is 0 Å². The standard InChI is InChI=1S/C16H30N2/c1-13(12-15-6-7-15)14(2)17-8-10-18(11-9-17)16(3,4)5/h14-15H,1,6-12H2,2-5H3. The normalized spacial score (nSPS) is 25.1. The molecule has 1 atom stereocenters. The van der Waals surface area contributed by atoms with E-state index in [1.165, 1.54) is 51.0 Å². The van der Waals surface area contributed by atoms with Crippen LogP contribution < -0.4 is 0 Å². The van der Waals surface area contributed by atoms with Crippen LogP contribution in [0.15, 0.2) is 12.2 Å². The molecule has 1 unspecified atom stereocenters. The van der Waals surface area contributed by atoms with Crippen molar-refractivity contribution in [3.8, 4) is 0 Å². The van der Waals surface area contributed by atoms with Crippen molar-refractivity contribution in [3.63, 3.8) is 0 Å². The van der Waals surface area contributed by atoms with Crippen LogP contribution in [0.25, 0.3) is 0 Å². The number of nitrogens with zero attached hydrogens (tertiary/aromatic N) is 2. The van der Waals surface area contributed by atoms with E-state index in [1.807, 2.05) is 0 Å². The Balaban J connectivity index is 1.79. The van der Waals surface area contributed by atoms with Crippen molar-refractivity contribution in [3.05, 3.63) is 12.2 Å². The molecule has 2 aliphatic rings. The fourth-order valence-electron chi connectivity index (χ4n) is 2.90. The fraction of sp³-hybridized carbons (Fsp3) is 0.875. The molecule has 1 saturated heterocycles. The van der Waals surface area contributed by atoms with E-state index in [1.54, 1.807) is 0 Å². The second kappa shape index (κ2) is 5.34. The molecule has 0 spiro atoms. The molecular weight excluding hydrogens is 220 g/mol. The van der Waals surface area contributed by atoms with Crippen LogP contribution in [0.1, 0.15) is 47.0 Å². The smallest absolute Gasteiger partial charge is 0.0277 e. The van der Waals surface area contributed by atoms with Crippen molar-refractivity contribution >= 4 is 0 Å². The molecule has 2 rings (SSSR count). The summed E-state index contributed by atoms with van der Waals surface area (Å²) >= 11 is 0. The molecular formula is C16H30N2. The Morgan fingerprint density at radius 1 is 1.17 bits per heavy atom. The van der Waals surface area contributed by atoms with Crippen molar-refractivity contribution in [2.45, 2.75) is 58.5 Å². The summed E-state index contributed by atoms with van der Waals surface area (Å²) in [5.41, 5.74) is 1.78. The van der Waals surface area contributed by atoms with Crippen LogP contribution >= 0.6 is 0 Å². The second-order valence-corrected chi connectivity index (χ2v) is 7.18. The molecule has 0 N–H and O–H groups in total. The van der Waals surface area contributed by atoms with Crippen LogP contribution in [0.5, 0.6) is 0 Å². The average Bonchev–Trinajstić information content (AvgIpc) is 3.11. The summed E-state index contributed by atoms with van der Waals surface area (Å²) in [4.78, 5) is 5.22. The SMILES string of the molecule is C=C(CC1CC1)C(C)N1CCN(C(C)(C)C)CC1. The van der Waals surface area contributed by atoms with Gasteiger partial charge in [-0.3, -0.25) is 9.80 Å². The summed E-state index contributed by atoms with van der Waals surface area (Å²) in [6.45, 7) is 18.4. The molecule has 0 amide bonds. The zero-order valence-corrected chi connectivity index (χ0v) is 12.7. The summed E-state index contributed by atoms with van der Waals surface area (Å²) in [7, 11) is 0. The summed E-state index contributed by atoms with van der Waals surface area (Å²) < 4.78 is 0. The zero-order chi connectivity index (χ0) is 13.3. The van der Waals surface area contributed by atoms with Crippen molar-refractivity contribution in [1.82, 2.24) is 9.80 Å². The molecule has 18 heavy (non-hydrogen) atoms. The first kappa shape index (κ1) is 14.1. The Hall–Kier alpha value is -0.340. The third kappa shape index (κ3) is 3.58. The van der Waals surface area contributed by atoms with Crippen LogP contribution in [0.3, 0.4) is 0 Å². The van der Waals surface area contributed by atoms with E-state index in [9.17, 15) is 0 Å². The molecule has 104 valence electrons. The predicted octanol–water partition coefficient (Wildman–Crippen LogP) is 3.15. The van der Waals surface area contributed by atoms with Gasteiger partial charge in [-0.1, -0.05) is 12.2 Å². The van der Waals surface area contributed by atoms with Crippen LogP contribution in [-0.4, -0.2) is 47.6 Å². The minimum atomic E-state index is 0.320. The lowest BCUT2D eigenvalue weighted by molar-refractivity contribution is 0.0514. The first-order valence-corrected chi connectivity index (χ1v) is 7.54. The highest BCUT2D eigenvalue weighted by molar-refractivity contribution is 5.08. The first-order chi connectivity index (χ1) is 8.38. The topological polar surface area (TPSA) is 6.48 Å². The largest absolute Gasteiger partial charge is 0.296 e. The van der Waals surface area contributed by atoms with Crippen molar-refractivity contribution in [1.29, 1.82) is 0 Å². The maximum Gasteiger partial charge on any atom is 0.0277 e. The maximum atomic E-state index is 4.32. The van der Waals surface area contributed by atoms with Gasteiger partial charge < -0.3 is 0 Å². The van der Waals surface area contributed by atoms with Gasteiger partial charge in [-0.2, -0.15) is 0 Å². The highest BCUT2D eigenvalue weighted by Crippen LogP contribution is 2.36. The van der Waals surface area contributed by atoms with Gasteiger partial charge in [0.05, 0.1) is 0 Å². The minimum absolute atomic E-state index is 0.320. The fourth-order valence-corrected chi connectivity index (χ4v) is 2.90. The van der Waals surface area contributed by atoms with Crippen molar-refractivity contribution < 1.29 is 0 Å². The predicted molar refractivity (Wildman–Crippen MR) is 78.8 cm³/mol. The van der Waals surface area contributed by atoms with E-state index in [0.29, 0.717) is 11.6 Å². The molecule has 0 aromatic rings. The van der Waals surface area contributed by atoms with Gasteiger partial charge in [-0.05, 0) is 52.9 Å². The molecule has 1 aliphatic heterocycles. The molecule has 0 bridgehead atoms. The molecule has 0 radical (unpaired) electrons. The van der Waals surface area contributed by atoms with Gasteiger partial charge in [0.1, 0.15) is 0 Å². The molecule has 2 heteroatoms. The highest BCUT2D eigenvalue weighted by atomic mass is 15.3. The molecule has 2 fully saturated rings. The molecule has 2 nitrogen and oxygen atoms in total. The summed E-state index contributed by atoms with van der Waals surface area (Å²) in [6, 6.07) is 0.577. The van der Waals surface area contributed by atoms with Gasteiger partial charge >= 0.3 is 0 Å². The number of piperazine rings is 1. The summed E-state index contributed by atoms with van der Waals surface area (Å²) in [5, 5.41) is 0. The van der Waals surface area contributed by atoms with E-state index >= 15 is 0 Å². The van der Waals surface area contributed by atoms with Gasteiger partial charge in [-0.25, -0.2) is 0 Å². The van der Waals surface area contributed by atoms with E-state index in [4.69, 9.17) is 0 Å². The lowest BCUT2D eigenvalue weighted by Gasteiger charge is -2.44. The molecule has 1 aliphatic carbocycles. The number of hydrogen-bond acceptors (Lipinski definition) is 2. The Labute approximate surface area is 113 Å². The summed E-state index contributed by atoms with van der Waals surface area (Å²) in [6.07, 6.45) is 4.13. The molecule has 1 heterocycles. The van der Waals surface area contributed by atoms with Crippen LogP contribution in [0.2, 0.25) is 0 Å². The minimum Gasteiger partial charge on any atom is -0.296 e. The zero-order valence-electron chi connectivity index (χ0n) is 12.7. The number of rotatable bonds is 4. The van der Waals surface area contributed by atoms with Gasteiger partial charge in [-0.15, -0.1) is 0 Å². The van der Waals surface area contributed by atoms with Crippen molar-refractivity contribution in [2.75, 3.05) is 26.2 Å². The Kier molecular flexibility index (Phi) is 4.18. The third-order valence-electron chi connectivity index (χ3n) is 4.65. The Morgan fingerprint density at radius 2 is 1.72 bits per heavy atom. The third-order valence-corrected chi connectivity index (χ3v) is 4.65. The Morgan fingerprint density at radius 3 is 2.17 bits per heavy atom. The summed E-state index contributed by atoms with van der Waals surface area (Å²) in [5.74, 6) is 0.968. The molecule has 0 aromatic carbocycles. The van der Waals surface area contributed by atoms with Crippen LogP contribution in [0, 0.1) is 5.92 Å². The van der Waals surface area contributed by atoms with Gasteiger partial charge in [0.15, 0.2) is 0 Å². The number of hydrogen-bond donors (Lipinski definition) is 0. The van der Waals surface area contributed by atoms with Crippen molar-refractivity contribution in [2.24, 2.45) is 5.92 Å². The lowest BCUT2D eigenvalue weighted by Crippen LogP contribution is -2.55. The van der Waals surface area contributed by atoms with Gasteiger partial charge in [0.25, 0.3) is 0 Å². The van der Waals surface area contributed by atoms with E-state index < -0.39 is 0 Å². The van der Waals surface area contributed by atoms with E-state index in [-0.39, 0.29) is 0 Å². The van der Waals surface area contributed by atoms with Crippen LogP contribution in [0.4, 0.5) is 0 Å². The quantitative estimate of drug-likeness (QED) is 0.707. The second-order valence-electron chi connectivity index (χ2n) is 7.18. The highest BCUT2D eigenvalue weighted by Gasteiger charge is 2.30. The molecule has 0 aromatic heterocycles.